The Bertz CT molecular complexity index is 363. The molecule has 3 heteroatoms. The van der Waals surface area contributed by atoms with E-state index in [1.165, 1.54) is 6.42 Å². The van der Waals surface area contributed by atoms with Gasteiger partial charge in [-0.1, -0.05) is 43.0 Å². The average molecular weight is 269 g/mol. The molecule has 0 bridgehead atoms. The van der Waals surface area contributed by atoms with Gasteiger partial charge in [-0.2, -0.15) is 0 Å². The van der Waals surface area contributed by atoms with E-state index in [1.54, 1.807) is 0 Å². The lowest BCUT2D eigenvalue weighted by molar-refractivity contribution is -0.141. The molecule has 0 saturated heterocycles. The topological polar surface area (TPSA) is 29.5 Å². The molecule has 0 spiro atoms. The maximum absolute atomic E-state index is 10.6. The largest absolute Gasteiger partial charge is 0.385 e. The normalized spacial score (nSPS) is 20.6. The van der Waals surface area contributed by atoms with Gasteiger partial charge >= 0.3 is 0 Å². The molecule has 1 aliphatic carbocycles. The Balaban J connectivity index is 2.21. The standard InChI is InChI=1S/C15H21ClO2/c1-2-18-15(10-4-3-5-11-15)14(17)12-6-8-13(16)9-7-12/h6-9,14,17H,2-5,10-11H2,1H3. The second kappa shape index (κ2) is 6.05. The summed E-state index contributed by atoms with van der Waals surface area (Å²) in [6.07, 6.45) is 4.81. The molecule has 0 amide bonds. The zero-order valence-corrected chi connectivity index (χ0v) is 11.6. The Morgan fingerprint density at radius 2 is 1.83 bits per heavy atom. The van der Waals surface area contributed by atoms with Crippen LogP contribution in [0.3, 0.4) is 0 Å². The fraction of sp³-hybridized carbons (Fsp3) is 0.600. The molecule has 1 unspecified atom stereocenters. The van der Waals surface area contributed by atoms with E-state index in [0.717, 1.165) is 31.2 Å². The molecule has 0 heterocycles. The quantitative estimate of drug-likeness (QED) is 0.890. The van der Waals surface area contributed by atoms with Crippen molar-refractivity contribution in [2.45, 2.75) is 50.7 Å². The highest BCUT2D eigenvalue weighted by atomic mass is 35.5. The minimum absolute atomic E-state index is 0.402. The van der Waals surface area contributed by atoms with Crippen molar-refractivity contribution in [3.8, 4) is 0 Å². The maximum Gasteiger partial charge on any atom is 0.108 e. The monoisotopic (exact) mass is 268 g/mol. The van der Waals surface area contributed by atoms with Crippen LogP contribution in [0.25, 0.3) is 0 Å². The van der Waals surface area contributed by atoms with Crippen LogP contribution >= 0.6 is 11.6 Å². The van der Waals surface area contributed by atoms with Gasteiger partial charge < -0.3 is 9.84 Å². The van der Waals surface area contributed by atoms with Crippen molar-refractivity contribution in [3.05, 3.63) is 34.9 Å². The fourth-order valence-corrected chi connectivity index (χ4v) is 3.01. The smallest absolute Gasteiger partial charge is 0.108 e. The van der Waals surface area contributed by atoms with Gasteiger partial charge in [0.25, 0.3) is 0 Å². The summed E-state index contributed by atoms with van der Waals surface area (Å²) in [5, 5.41) is 11.3. The first-order valence-electron chi connectivity index (χ1n) is 6.75. The number of benzene rings is 1. The van der Waals surface area contributed by atoms with Crippen LogP contribution in [0.4, 0.5) is 0 Å². The Kier molecular flexibility index (Phi) is 4.66. The Morgan fingerprint density at radius 1 is 1.22 bits per heavy atom. The van der Waals surface area contributed by atoms with E-state index >= 15 is 0 Å². The van der Waals surface area contributed by atoms with Gasteiger partial charge in [-0.15, -0.1) is 0 Å². The minimum atomic E-state index is -0.560. The third-order valence-corrected chi connectivity index (χ3v) is 4.07. The van der Waals surface area contributed by atoms with E-state index in [0.29, 0.717) is 11.6 Å². The summed E-state index contributed by atoms with van der Waals surface area (Å²) in [6.45, 7) is 2.63. The lowest BCUT2D eigenvalue weighted by Gasteiger charge is -2.41. The predicted molar refractivity (Wildman–Crippen MR) is 73.9 cm³/mol. The maximum atomic E-state index is 10.6. The van der Waals surface area contributed by atoms with Crippen molar-refractivity contribution >= 4 is 11.6 Å². The summed E-state index contributed by atoms with van der Waals surface area (Å²) in [5.41, 5.74) is 0.496. The number of ether oxygens (including phenoxy) is 1. The van der Waals surface area contributed by atoms with E-state index in [1.807, 2.05) is 31.2 Å². The van der Waals surface area contributed by atoms with E-state index in [2.05, 4.69) is 0 Å². The molecule has 1 aromatic carbocycles. The number of halogens is 1. The van der Waals surface area contributed by atoms with Gasteiger partial charge in [0, 0.05) is 11.6 Å². The van der Waals surface area contributed by atoms with Crippen molar-refractivity contribution in [2.75, 3.05) is 6.61 Å². The van der Waals surface area contributed by atoms with Crippen LogP contribution < -0.4 is 0 Å². The molecule has 0 aliphatic heterocycles. The first-order chi connectivity index (χ1) is 8.68. The lowest BCUT2D eigenvalue weighted by atomic mass is 9.78. The van der Waals surface area contributed by atoms with Crippen molar-refractivity contribution < 1.29 is 9.84 Å². The summed E-state index contributed by atoms with van der Waals surface area (Å²) >= 11 is 5.89. The Morgan fingerprint density at radius 3 is 2.39 bits per heavy atom. The number of rotatable bonds is 4. The Labute approximate surface area is 114 Å². The zero-order chi connectivity index (χ0) is 13.0. The minimum Gasteiger partial charge on any atom is -0.385 e. The second-order valence-electron chi connectivity index (χ2n) is 5.01. The summed E-state index contributed by atoms with van der Waals surface area (Å²) < 4.78 is 5.93. The lowest BCUT2D eigenvalue weighted by Crippen LogP contribution is -2.41. The summed E-state index contributed by atoms with van der Waals surface area (Å²) in [5.74, 6) is 0. The number of hydrogen-bond acceptors (Lipinski definition) is 2. The van der Waals surface area contributed by atoms with Gasteiger partial charge in [0.15, 0.2) is 0 Å². The first-order valence-corrected chi connectivity index (χ1v) is 7.13. The van der Waals surface area contributed by atoms with Crippen molar-refractivity contribution in [1.82, 2.24) is 0 Å². The van der Waals surface area contributed by atoms with Gasteiger partial charge in [-0.3, -0.25) is 0 Å². The third kappa shape index (κ3) is 2.87. The molecule has 18 heavy (non-hydrogen) atoms. The van der Waals surface area contributed by atoms with E-state index in [9.17, 15) is 5.11 Å². The molecule has 1 saturated carbocycles. The highest BCUT2D eigenvalue weighted by Gasteiger charge is 2.40. The highest BCUT2D eigenvalue weighted by molar-refractivity contribution is 6.30. The van der Waals surface area contributed by atoms with Crippen molar-refractivity contribution in [2.24, 2.45) is 0 Å². The van der Waals surface area contributed by atoms with Crippen LogP contribution in [0.5, 0.6) is 0 Å². The first kappa shape index (κ1) is 13.9. The SMILES string of the molecule is CCOC1(C(O)c2ccc(Cl)cc2)CCCCC1. The van der Waals surface area contributed by atoms with Gasteiger partial charge in [0.05, 0.1) is 5.60 Å². The highest BCUT2D eigenvalue weighted by Crippen LogP contribution is 2.41. The number of aliphatic hydroxyl groups excluding tert-OH is 1. The van der Waals surface area contributed by atoms with E-state index in [4.69, 9.17) is 16.3 Å². The molecule has 100 valence electrons. The number of aliphatic hydroxyl groups is 1. The third-order valence-electron chi connectivity index (χ3n) is 3.82. The van der Waals surface area contributed by atoms with Gasteiger partial charge in [0.2, 0.25) is 0 Å². The van der Waals surface area contributed by atoms with Gasteiger partial charge in [-0.05, 0) is 37.5 Å². The van der Waals surface area contributed by atoms with Crippen LogP contribution in [-0.4, -0.2) is 17.3 Å². The van der Waals surface area contributed by atoms with Crippen LogP contribution in [0.1, 0.15) is 50.7 Å². The van der Waals surface area contributed by atoms with Crippen molar-refractivity contribution in [1.29, 1.82) is 0 Å². The van der Waals surface area contributed by atoms with Crippen LogP contribution in [0, 0.1) is 0 Å². The molecule has 2 rings (SSSR count). The molecular formula is C15H21ClO2. The van der Waals surface area contributed by atoms with Crippen LogP contribution in [0.15, 0.2) is 24.3 Å². The molecule has 0 aromatic heterocycles. The summed E-state index contributed by atoms with van der Waals surface area (Å²) in [4.78, 5) is 0. The average Bonchev–Trinajstić information content (AvgIpc) is 2.40. The van der Waals surface area contributed by atoms with Crippen LogP contribution in [0.2, 0.25) is 5.02 Å². The molecule has 1 aliphatic rings. The molecule has 1 fully saturated rings. The van der Waals surface area contributed by atoms with E-state index < -0.39 is 11.7 Å². The molecule has 1 atom stereocenters. The molecule has 1 aromatic rings. The van der Waals surface area contributed by atoms with Crippen LogP contribution in [-0.2, 0) is 4.74 Å². The predicted octanol–water partition coefficient (Wildman–Crippen LogP) is 4.11. The molecular weight excluding hydrogens is 248 g/mol. The fourth-order valence-electron chi connectivity index (χ4n) is 2.88. The summed E-state index contributed by atoms with van der Waals surface area (Å²) in [6, 6.07) is 7.43. The Hall–Kier alpha value is -0.570. The summed E-state index contributed by atoms with van der Waals surface area (Å²) in [7, 11) is 0. The van der Waals surface area contributed by atoms with Gasteiger partial charge in [0.1, 0.15) is 6.10 Å². The van der Waals surface area contributed by atoms with Crippen molar-refractivity contribution in [3.63, 3.8) is 0 Å². The molecule has 0 radical (unpaired) electrons. The second-order valence-corrected chi connectivity index (χ2v) is 5.45. The molecule has 2 nitrogen and oxygen atoms in total. The van der Waals surface area contributed by atoms with E-state index in [-0.39, 0.29) is 0 Å². The number of hydrogen-bond donors (Lipinski definition) is 1. The molecule has 1 N–H and O–H groups in total. The van der Waals surface area contributed by atoms with Gasteiger partial charge in [-0.25, -0.2) is 0 Å². The zero-order valence-electron chi connectivity index (χ0n) is 10.9.